The maximum Gasteiger partial charge on any atom is 0.153 e. The predicted octanol–water partition coefficient (Wildman–Crippen LogP) is 0.768. The molecular formula is C11H21NO3S. The van der Waals surface area contributed by atoms with Crippen LogP contribution in [0.5, 0.6) is 0 Å². The summed E-state index contributed by atoms with van der Waals surface area (Å²) in [4.78, 5) is 11.7. The monoisotopic (exact) mass is 247 g/mol. The summed E-state index contributed by atoms with van der Waals surface area (Å²) in [5.41, 5.74) is 0. The Morgan fingerprint density at radius 1 is 1.50 bits per heavy atom. The molecule has 0 aromatic heterocycles. The SMILES string of the molecule is CCC(C)CC(=O)CC1CS(=O)(=O)CCN1. The van der Waals surface area contributed by atoms with Gasteiger partial charge in [-0.1, -0.05) is 20.3 Å². The summed E-state index contributed by atoms with van der Waals surface area (Å²) in [6.45, 7) is 4.58. The van der Waals surface area contributed by atoms with Crippen molar-refractivity contribution in [1.29, 1.82) is 0 Å². The van der Waals surface area contributed by atoms with Crippen LogP contribution < -0.4 is 5.32 Å². The van der Waals surface area contributed by atoms with Gasteiger partial charge < -0.3 is 5.32 Å². The van der Waals surface area contributed by atoms with E-state index in [1.165, 1.54) is 0 Å². The van der Waals surface area contributed by atoms with Gasteiger partial charge in [0.05, 0.1) is 11.5 Å². The minimum atomic E-state index is -2.93. The van der Waals surface area contributed by atoms with E-state index in [1.54, 1.807) is 0 Å². The molecule has 16 heavy (non-hydrogen) atoms. The van der Waals surface area contributed by atoms with Crippen LogP contribution in [0, 0.1) is 5.92 Å². The maximum absolute atomic E-state index is 11.7. The lowest BCUT2D eigenvalue weighted by Gasteiger charge is -2.23. The van der Waals surface area contributed by atoms with E-state index in [0.29, 0.717) is 25.3 Å². The van der Waals surface area contributed by atoms with Crippen molar-refractivity contribution in [3.63, 3.8) is 0 Å². The number of carbonyl (C=O) groups excluding carboxylic acids is 1. The zero-order valence-electron chi connectivity index (χ0n) is 10.0. The molecule has 1 aliphatic rings. The Morgan fingerprint density at radius 3 is 2.75 bits per heavy atom. The number of carbonyl (C=O) groups is 1. The van der Waals surface area contributed by atoms with E-state index < -0.39 is 9.84 Å². The molecule has 0 radical (unpaired) electrons. The molecule has 1 N–H and O–H groups in total. The standard InChI is InChI=1S/C11H21NO3S/c1-3-9(2)6-11(13)7-10-8-16(14,15)5-4-12-10/h9-10,12H,3-8H2,1-2H3. The summed E-state index contributed by atoms with van der Waals surface area (Å²) in [6.07, 6.45) is 1.90. The molecule has 0 spiro atoms. The van der Waals surface area contributed by atoms with Gasteiger partial charge in [-0.2, -0.15) is 0 Å². The third-order valence-electron chi connectivity index (χ3n) is 3.05. The van der Waals surface area contributed by atoms with Gasteiger partial charge in [-0.3, -0.25) is 4.79 Å². The van der Waals surface area contributed by atoms with Crippen LogP contribution in [-0.2, 0) is 14.6 Å². The highest BCUT2D eigenvalue weighted by atomic mass is 32.2. The Bertz CT molecular complexity index is 337. The smallest absolute Gasteiger partial charge is 0.153 e. The summed E-state index contributed by atoms with van der Waals surface area (Å²) in [6, 6.07) is -0.171. The van der Waals surface area contributed by atoms with Gasteiger partial charge in [0.2, 0.25) is 0 Å². The molecule has 0 aliphatic carbocycles. The van der Waals surface area contributed by atoms with Gasteiger partial charge in [-0.05, 0) is 5.92 Å². The normalized spacial score (nSPS) is 26.2. The third-order valence-corrected chi connectivity index (χ3v) is 4.78. The van der Waals surface area contributed by atoms with Crippen molar-refractivity contribution in [3.05, 3.63) is 0 Å². The van der Waals surface area contributed by atoms with Crippen LogP contribution >= 0.6 is 0 Å². The molecule has 0 aromatic rings. The minimum absolute atomic E-state index is 0.110. The zero-order valence-corrected chi connectivity index (χ0v) is 10.8. The molecule has 1 aliphatic heterocycles. The lowest BCUT2D eigenvalue weighted by molar-refractivity contribution is -0.120. The highest BCUT2D eigenvalue weighted by molar-refractivity contribution is 7.91. The Kier molecular flexibility index (Phi) is 4.92. The second kappa shape index (κ2) is 5.77. The number of Topliss-reactive ketones (excluding diaryl/α,β-unsaturated/α-hetero) is 1. The Hall–Kier alpha value is -0.420. The number of nitrogens with one attached hydrogen (secondary N) is 1. The zero-order chi connectivity index (χ0) is 12.2. The van der Waals surface area contributed by atoms with Gasteiger partial charge in [0.25, 0.3) is 0 Å². The van der Waals surface area contributed by atoms with E-state index >= 15 is 0 Å². The number of hydrogen-bond acceptors (Lipinski definition) is 4. The Balaban J connectivity index is 2.39. The van der Waals surface area contributed by atoms with Crippen molar-refractivity contribution in [2.75, 3.05) is 18.1 Å². The van der Waals surface area contributed by atoms with Crippen molar-refractivity contribution in [3.8, 4) is 0 Å². The topological polar surface area (TPSA) is 63.2 Å². The van der Waals surface area contributed by atoms with E-state index in [1.807, 2.05) is 6.92 Å². The molecule has 1 fully saturated rings. The van der Waals surface area contributed by atoms with E-state index in [2.05, 4.69) is 12.2 Å². The van der Waals surface area contributed by atoms with Crippen molar-refractivity contribution in [1.82, 2.24) is 5.32 Å². The van der Waals surface area contributed by atoms with Gasteiger partial charge in [-0.25, -0.2) is 8.42 Å². The molecule has 0 bridgehead atoms. The lowest BCUT2D eigenvalue weighted by atomic mass is 9.98. The summed E-state index contributed by atoms with van der Waals surface area (Å²) >= 11 is 0. The predicted molar refractivity (Wildman–Crippen MR) is 64.1 cm³/mol. The van der Waals surface area contributed by atoms with Crippen molar-refractivity contribution in [2.24, 2.45) is 5.92 Å². The Morgan fingerprint density at radius 2 is 2.19 bits per heavy atom. The third kappa shape index (κ3) is 4.61. The molecule has 2 unspecified atom stereocenters. The van der Waals surface area contributed by atoms with Crippen LogP contribution in [0.15, 0.2) is 0 Å². The van der Waals surface area contributed by atoms with Gasteiger partial charge in [-0.15, -0.1) is 0 Å². The van der Waals surface area contributed by atoms with Crippen molar-refractivity contribution >= 4 is 15.6 Å². The molecule has 1 heterocycles. The van der Waals surface area contributed by atoms with Crippen LogP contribution in [0.3, 0.4) is 0 Å². The van der Waals surface area contributed by atoms with Crippen LogP contribution in [0.2, 0.25) is 0 Å². The van der Waals surface area contributed by atoms with Gasteiger partial charge in [0.15, 0.2) is 9.84 Å². The molecule has 0 amide bonds. The largest absolute Gasteiger partial charge is 0.312 e. The number of rotatable bonds is 5. The minimum Gasteiger partial charge on any atom is -0.312 e. The average molecular weight is 247 g/mol. The van der Waals surface area contributed by atoms with Crippen LogP contribution in [-0.4, -0.2) is 38.3 Å². The van der Waals surface area contributed by atoms with E-state index in [4.69, 9.17) is 0 Å². The summed E-state index contributed by atoms with van der Waals surface area (Å²) < 4.78 is 22.7. The number of hydrogen-bond donors (Lipinski definition) is 1. The fourth-order valence-corrected chi connectivity index (χ4v) is 3.33. The number of ketones is 1. The average Bonchev–Trinajstić information content (AvgIpc) is 2.15. The second-order valence-corrected chi connectivity index (χ2v) is 6.95. The van der Waals surface area contributed by atoms with E-state index in [-0.39, 0.29) is 23.3 Å². The summed E-state index contributed by atoms with van der Waals surface area (Å²) in [5.74, 6) is 0.874. The molecule has 94 valence electrons. The molecule has 5 heteroatoms. The quantitative estimate of drug-likeness (QED) is 0.779. The fourth-order valence-electron chi connectivity index (χ4n) is 1.89. The maximum atomic E-state index is 11.7. The van der Waals surface area contributed by atoms with Crippen molar-refractivity contribution < 1.29 is 13.2 Å². The van der Waals surface area contributed by atoms with Gasteiger partial charge >= 0.3 is 0 Å². The number of sulfone groups is 1. The van der Waals surface area contributed by atoms with Crippen LogP contribution in [0.4, 0.5) is 0 Å². The summed E-state index contributed by atoms with van der Waals surface area (Å²) in [7, 11) is -2.93. The van der Waals surface area contributed by atoms with E-state index in [0.717, 1.165) is 6.42 Å². The molecule has 1 rings (SSSR count). The van der Waals surface area contributed by atoms with Gasteiger partial charge in [0.1, 0.15) is 5.78 Å². The van der Waals surface area contributed by atoms with Crippen molar-refractivity contribution in [2.45, 2.75) is 39.2 Å². The molecule has 1 saturated heterocycles. The Labute approximate surface area is 97.7 Å². The molecule has 0 saturated carbocycles. The molecule has 4 nitrogen and oxygen atoms in total. The van der Waals surface area contributed by atoms with Crippen LogP contribution in [0.25, 0.3) is 0 Å². The van der Waals surface area contributed by atoms with Gasteiger partial charge in [0, 0.05) is 25.4 Å². The first-order valence-electron chi connectivity index (χ1n) is 5.88. The first-order valence-corrected chi connectivity index (χ1v) is 7.70. The first kappa shape index (κ1) is 13.6. The van der Waals surface area contributed by atoms with E-state index in [9.17, 15) is 13.2 Å². The fraction of sp³-hybridized carbons (Fsp3) is 0.909. The summed E-state index contributed by atoms with van der Waals surface area (Å²) in [5, 5.41) is 3.10. The molecule has 2 atom stereocenters. The first-order chi connectivity index (χ1) is 7.43. The highest BCUT2D eigenvalue weighted by Crippen LogP contribution is 2.12. The van der Waals surface area contributed by atoms with Crippen LogP contribution in [0.1, 0.15) is 33.1 Å². The second-order valence-electron chi connectivity index (χ2n) is 4.73. The highest BCUT2D eigenvalue weighted by Gasteiger charge is 2.26. The molecular weight excluding hydrogens is 226 g/mol. The lowest BCUT2D eigenvalue weighted by Crippen LogP contribution is -2.46. The molecule has 0 aromatic carbocycles.